The molecule has 1 aliphatic rings. The second kappa shape index (κ2) is 4.81. The van der Waals surface area contributed by atoms with Gasteiger partial charge in [-0.3, -0.25) is 14.3 Å². The fourth-order valence-electron chi connectivity index (χ4n) is 2.25. The Balaban J connectivity index is 2.02. The summed E-state index contributed by atoms with van der Waals surface area (Å²) in [5.41, 5.74) is 5.48. The number of hydrogen-bond acceptors (Lipinski definition) is 7. The van der Waals surface area contributed by atoms with Gasteiger partial charge >= 0.3 is 0 Å². The number of aromatic nitrogens is 4. The number of rotatable bonds is 2. The van der Waals surface area contributed by atoms with Gasteiger partial charge in [0.05, 0.1) is 12.4 Å². The number of nitrogens with one attached hydrogen (secondary N) is 1. The van der Waals surface area contributed by atoms with Crippen molar-refractivity contribution in [2.24, 2.45) is 0 Å². The van der Waals surface area contributed by atoms with Gasteiger partial charge in [0, 0.05) is 6.42 Å². The minimum Gasteiger partial charge on any atom is -0.390 e. The maximum absolute atomic E-state index is 11.7. The quantitative estimate of drug-likeness (QED) is 0.515. The van der Waals surface area contributed by atoms with E-state index in [0.717, 1.165) is 0 Å². The number of imidazole rings is 1. The number of aromatic amines is 1. The first kappa shape index (κ1) is 13.5. The third-order valence-corrected chi connectivity index (χ3v) is 3.69. The van der Waals surface area contributed by atoms with Crippen LogP contribution in [0.4, 0.5) is 5.95 Å². The van der Waals surface area contributed by atoms with Crippen LogP contribution in [0.25, 0.3) is 11.2 Å². The zero-order chi connectivity index (χ0) is 14.4. The maximum atomic E-state index is 11.7. The van der Waals surface area contributed by atoms with Crippen LogP contribution in [0.3, 0.4) is 0 Å². The van der Waals surface area contributed by atoms with E-state index in [9.17, 15) is 15.0 Å². The van der Waals surface area contributed by atoms with Gasteiger partial charge in [0.2, 0.25) is 5.95 Å². The van der Waals surface area contributed by atoms with Gasteiger partial charge in [-0.1, -0.05) is 15.9 Å². The number of alkyl halides is 1. The standard InChI is InChI=1S/C10H12BrN5O4/c11-7(18)6-3(17)1-4(20-6)16-2-13-5-8(16)14-10(12)15-9(5)19/h2-4,6-7,17-18H,1H2,(H3,12,14,15,19)/t3-,4+,6-,7?/m0/s1. The molecule has 10 heteroatoms. The van der Waals surface area contributed by atoms with Crippen LogP contribution in [0.15, 0.2) is 11.1 Å². The van der Waals surface area contributed by atoms with E-state index in [1.165, 1.54) is 10.9 Å². The maximum Gasteiger partial charge on any atom is 0.280 e. The Bertz CT molecular complexity index is 699. The summed E-state index contributed by atoms with van der Waals surface area (Å²) in [5, 5.41) is 18.3. The molecule has 5 N–H and O–H groups in total. The van der Waals surface area contributed by atoms with E-state index in [1.54, 1.807) is 0 Å². The molecule has 1 aliphatic heterocycles. The van der Waals surface area contributed by atoms with Crippen molar-refractivity contribution in [2.45, 2.75) is 29.9 Å². The molecule has 1 saturated heterocycles. The highest BCUT2D eigenvalue weighted by Crippen LogP contribution is 2.33. The van der Waals surface area contributed by atoms with Crippen molar-refractivity contribution in [3.05, 3.63) is 16.7 Å². The predicted octanol–water partition coefficient (Wildman–Crippen LogP) is -0.937. The summed E-state index contributed by atoms with van der Waals surface area (Å²) in [6, 6.07) is 0. The van der Waals surface area contributed by atoms with Crippen molar-refractivity contribution in [1.29, 1.82) is 0 Å². The molecule has 1 unspecified atom stereocenters. The van der Waals surface area contributed by atoms with Gasteiger partial charge in [0.25, 0.3) is 5.56 Å². The molecule has 0 aromatic carbocycles. The van der Waals surface area contributed by atoms with Crippen LogP contribution in [-0.2, 0) is 4.74 Å². The topological polar surface area (TPSA) is 139 Å². The summed E-state index contributed by atoms with van der Waals surface area (Å²) in [7, 11) is 0. The van der Waals surface area contributed by atoms with Crippen LogP contribution in [0, 0.1) is 0 Å². The fourth-order valence-corrected chi connectivity index (χ4v) is 2.73. The highest BCUT2D eigenvalue weighted by molar-refractivity contribution is 9.09. The average molecular weight is 346 g/mol. The van der Waals surface area contributed by atoms with Gasteiger partial charge in [0.1, 0.15) is 17.3 Å². The first-order chi connectivity index (χ1) is 9.47. The first-order valence-electron chi connectivity index (χ1n) is 5.85. The number of nitrogens with two attached hydrogens (primary N) is 1. The summed E-state index contributed by atoms with van der Waals surface area (Å²) in [5.74, 6) is -0.0279. The molecule has 4 atom stereocenters. The van der Waals surface area contributed by atoms with Crippen LogP contribution in [-0.4, -0.2) is 47.0 Å². The number of ether oxygens (including phenoxy) is 1. The average Bonchev–Trinajstić information content (AvgIpc) is 2.92. The number of aliphatic hydroxyl groups excluding tert-OH is 2. The minimum atomic E-state index is -0.987. The van der Waals surface area contributed by atoms with Gasteiger partial charge in [-0.2, -0.15) is 4.98 Å². The molecule has 0 amide bonds. The minimum absolute atomic E-state index is 0.0279. The van der Waals surface area contributed by atoms with E-state index in [-0.39, 0.29) is 23.5 Å². The SMILES string of the molecule is Nc1nc2c(ncn2[C@H]2C[C@H](O)[C@@H](C(O)Br)O2)c(=O)[nH]1. The molecule has 0 bridgehead atoms. The van der Waals surface area contributed by atoms with Crippen molar-refractivity contribution in [3.63, 3.8) is 0 Å². The summed E-state index contributed by atoms with van der Waals surface area (Å²) >= 11 is 2.96. The van der Waals surface area contributed by atoms with E-state index in [4.69, 9.17) is 10.5 Å². The van der Waals surface area contributed by atoms with Gasteiger partial charge in [0.15, 0.2) is 11.2 Å². The van der Waals surface area contributed by atoms with Crippen molar-refractivity contribution in [2.75, 3.05) is 5.73 Å². The molecule has 1 fully saturated rings. The Kier molecular flexibility index (Phi) is 3.24. The zero-order valence-corrected chi connectivity index (χ0v) is 11.7. The Morgan fingerprint density at radius 2 is 2.40 bits per heavy atom. The summed E-state index contributed by atoms with van der Waals surface area (Å²) in [6.45, 7) is 0. The Morgan fingerprint density at radius 1 is 1.65 bits per heavy atom. The third kappa shape index (κ3) is 2.10. The van der Waals surface area contributed by atoms with Gasteiger partial charge in [-0.15, -0.1) is 0 Å². The summed E-state index contributed by atoms with van der Waals surface area (Å²) in [6.07, 6.45) is -0.552. The molecule has 0 radical (unpaired) electrons. The normalized spacial score (nSPS) is 28.1. The zero-order valence-electron chi connectivity index (χ0n) is 10.1. The number of aliphatic hydroxyl groups is 2. The molecule has 9 nitrogen and oxygen atoms in total. The Morgan fingerprint density at radius 3 is 3.05 bits per heavy atom. The number of halogens is 1. The number of nitrogen functional groups attached to an aromatic ring is 1. The van der Waals surface area contributed by atoms with Crippen molar-refractivity contribution < 1.29 is 14.9 Å². The van der Waals surface area contributed by atoms with Crippen molar-refractivity contribution in [1.82, 2.24) is 19.5 Å². The molecule has 0 aliphatic carbocycles. The molecule has 3 rings (SSSR count). The molecule has 0 spiro atoms. The smallest absolute Gasteiger partial charge is 0.280 e. The van der Waals surface area contributed by atoms with Crippen LogP contribution in [0.5, 0.6) is 0 Å². The number of fused-ring (bicyclic) bond motifs is 1. The van der Waals surface area contributed by atoms with Gasteiger partial charge in [-0.25, -0.2) is 4.98 Å². The van der Waals surface area contributed by atoms with E-state index in [1.807, 2.05) is 0 Å². The molecule has 20 heavy (non-hydrogen) atoms. The lowest BCUT2D eigenvalue weighted by molar-refractivity contribution is -0.0519. The summed E-state index contributed by atoms with van der Waals surface area (Å²) < 4.78 is 7.06. The second-order valence-corrected chi connectivity index (χ2v) is 5.44. The van der Waals surface area contributed by atoms with E-state index in [0.29, 0.717) is 0 Å². The van der Waals surface area contributed by atoms with Gasteiger partial charge < -0.3 is 20.7 Å². The van der Waals surface area contributed by atoms with E-state index >= 15 is 0 Å². The molecule has 108 valence electrons. The third-order valence-electron chi connectivity index (χ3n) is 3.17. The summed E-state index contributed by atoms with van der Waals surface area (Å²) in [4.78, 5) is 22.0. The number of nitrogens with zero attached hydrogens (tertiary/aromatic N) is 3. The lowest BCUT2D eigenvalue weighted by Gasteiger charge is -2.16. The lowest BCUT2D eigenvalue weighted by Crippen LogP contribution is -2.30. The highest BCUT2D eigenvalue weighted by Gasteiger charge is 2.39. The Hall–Kier alpha value is -1.49. The predicted molar refractivity (Wildman–Crippen MR) is 72.0 cm³/mol. The van der Waals surface area contributed by atoms with Crippen LogP contribution >= 0.6 is 15.9 Å². The van der Waals surface area contributed by atoms with E-state index in [2.05, 4.69) is 30.9 Å². The highest BCUT2D eigenvalue weighted by atomic mass is 79.9. The van der Waals surface area contributed by atoms with Crippen molar-refractivity contribution >= 4 is 33.0 Å². The van der Waals surface area contributed by atoms with Gasteiger partial charge in [-0.05, 0) is 0 Å². The monoisotopic (exact) mass is 345 g/mol. The second-order valence-electron chi connectivity index (χ2n) is 4.51. The molecule has 2 aromatic heterocycles. The van der Waals surface area contributed by atoms with Crippen LogP contribution < -0.4 is 11.3 Å². The van der Waals surface area contributed by atoms with E-state index < -0.39 is 29.0 Å². The number of hydrogen-bond donors (Lipinski definition) is 4. The molecule has 2 aromatic rings. The fraction of sp³-hybridized carbons (Fsp3) is 0.500. The molecular formula is C10H12BrN5O4. The first-order valence-corrected chi connectivity index (χ1v) is 6.77. The van der Waals surface area contributed by atoms with Crippen LogP contribution in [0.2, 0.25) is 0 Å². The molecule has 0 saturated carbocycles. The molecule has 3 heterocycles. The van der Waals surface area contributed by atoms with Crippen LogP contribution in [0.1, 0.15) is 12.6 Å². The number of H-pyrrole nitrogens is 1. The largest absolute Gasteiger partial charge is 0.390 e. The lowest BCUT2D eigenvalue weighted by atomic mass is 10.2. The molecular weight excluding hydrogens is 334 g/mol. The Labute approximate surface area is 120 Å². The number of anilines is 1. The van der Waals surface area contributed by atoms with Crippen molar-refractivity contribution in [3.8, 4) is 0 Å².